The van der Waals surface area contributed by atoms with E-state index in [-0.39, 0.29) is 11.8 Å². The maximum absolute atomic E-state index is 11.5. The molecule has 1 fully saturated rings. The van der Waals surface area contributed by atoms with Crippen LogP contribution in [0, 0.1) is 11.3 Å². The van der Waals surface area contributed by atoms with Gasteiger partial charge in [0.2, 0.25) is 0 Å². The van der Waals surface area contributed by atoms with Gasteiger partial charge in [0.1, 0.15) is 23.2 Å². The second kappa shape index (κ2) is 5.38. The predicted octanol–water partition coefficient (Wildman–Crippen LogP) is 1.80. The second-order valence-corrected chi connectivity index (χ2v) is 6.53. The lowest BCUT2D eigenvalue weighted by Gasteiger charge is -2.47. The molecule has 0 aromatic heterocycles. The van der Waals surface area contributed by atoms with Gasteiger partial charge in [-0.2, -0.15) is 5.26 Å². The first-order valence-electron chi connectivity index (χ1n) is 7.59. The Labute approximate surface area is 130 Å². The highest BCUT2D eigenvalue weighted by Crippen LogP contribution is 2.43. The average molecular weight is 300 g/mol. The first-order chi connectivity index (χ1) is 10.4. The molecule has 1 N–H and O–H groups in total. The van der Waals surface area contributed by atoms with Gasteiger partial charge in [-0.15, -0.1) is 0 Å². The van der Waals surface area contributed by atoms with Crippen LogP contribution in [0.3, 0.4) is 0 Å². The van der Waals surface area contributed by atoms with Crippen molar-refractivity contribution < 1.29 is 14.6 Å². The molecule has 2 aliphatic rings. The molecule has 3 rings (SSSR count). The largest absolute Gasteiger partial charge is 0.485 e. The van der Waals surface area contributed by atoms with E-state index in [1.807, 2.05) is 13.8 Å². The smallest absolute Gasteiger partial charge is 0.135 e. The number of aliphatic hydroxyl groups excluding tert-OH is 1. The Bertz CT molecular complexity index is 638. The Morgan fingerprint density at radius 3 is 2.68 bits per heavy atom. The Hall–Kier alpha value is -1.90. The highest BCUT2D eigenvalue weighted by Gasteiger charge is 2.45. The normalized spacial score (nSPS) is 27.6. The van der Waals surface area contributed by atoms with Gasteiger partial charge in [-0.25, -0.2) is 0 Å². The standard InChI is InChI=1S/C17H20N2O3/c1-17(2)16(21)15(19-7-5-12(20)6-8-19)13-9-11(10-18)3-4-14(13)22-17/h3-4,9,15-16,21H,5-8H2,1-2H3/t15?,16-/m0/s1. The number of nitrogens with zero attached hydrogens (tertiary/aromatic N) is 2. The Morgan fingerprint density at radius 2 is 2.05 bits per heavy atom. The van der Waals surface area contributed by atoms with E-state index in [0.29, 0.717) is 37.2 Å². The Kier molecular flexibility index (Phi) is 3.67. The fourth-order valence-electron chi connectivity index (χ4n) is 3.28. The van der Waals surface area contributed by atoms with Crippen LogP contribution in [0.5, 0.6) is 5.75 Å². The number of benzene rings is 1. The molecule has 2 aliphatic heterocycles. The molecule has 1 aromatic carbocycles. The first kappa shape index (κ1) is 15.0. The van der Waals surface area contributed by atoms with Crippen molar-refractivity contribution in [1.82, 2.24) is 4.90 Å². The number of aliphatic hydroxyl groups is 1. The number of carbonyl (C=O) groups is 1. The minimum Gasteiger partial charge on any atom is -0.485 e. The molecule has 0 saturated carbocycles. The minimum absolute atomic E-state index is 0.250. The average Bonchev–Trinajstić information content (AvgIpc) is 2.49. The summed E-state index contributed by atoms with van der Waals surface area (Å²) in [6.45, 7) is 4.99. The zero-order valence-corrected chi connectivity index (χ0v) is 12.9. The number of rotatable bonds is 1. The molecule has 5 heteroatoms. The van der Waals surface area contributed by atoms with E-state index in [9.17, 15) is 9.90 Å². The van der Waals surface area contributed by atoms with Crippen LogP contribution in [-0.2, 0) is 4.79 Å². The van der Waals surface area contributed by atoms with E-state index in [1.54, 1.807) is 18.2 Å². The maximum atomic E-state index is 11.5. The first-order valence-corrected chi connectivity index (χ1v) is 7.59. The van der Waals surface area contributed by atoms with Gasteiger partial charge in [-0.3, -0.25) is 9.69 Å². The number of nitriles is 1. The van der Waals surface area contributed by atoms with Gasteiger partial charge in [-0.1, -0.05) is 0 Å². The zero-order valence-electron chi connectivity index (χ0n) is 12.9. The number of hydrogen-bond acceptors (Lipinski definition) is 5. The third kappa shape index (κ3) is 2.49. The SMILES string of the molecule is CC1(C)Oc2ccc(C#N)cc2C(N2CCC(=O)CC2)[C@@H]1O. The number of Topliss-reactive ketones (excluding diaryl/α,β-unsaturated/α-hetero) is 1. The van der Waals surface area contributed by atoms with E-state index >= 15 is 0 Å². The van der Waals surface area contributed by atoms with Crippen molar-refractivity contribution in [1.29, 1.82) is 5.26 Å². The Morgan fingerprint density at radius 1 is 1.36 bits per heavy atom. The van der Waals surface area contributed by atoms with Gasteiger partial charge in [0.05, 0.1) is 17.7 Å². The molecular weight excluding hydrogens is 280 g/mol. The summed E-state index contributed by atoms with van der Waals surface area (Å²) in [5.41, 5.74) is 0.667. The van der Waals surface area contributed by atoms with Crippen molar-refractivity contribution in [2.24, 2.45) is 0 Å². The fourth-order valence-corrected chi connectivity index (χ4v) is 3.28. The quantitative estimate of drug-likeness (QED) is 0.856. The summed E-state index contributed by atoms with van der Waals surface area (Å²) in [6, 6.07) is 7.19. The zero-order chi connectivity index (χ0) is 15.9. The molecule has 0 spiro atoms. The maximum Gasteiger partial charge on any atom is 0.135 e. The number of likely N-dealkylation sites (tertiary alicyclic amines) is 1. The van der Waals surface area contributed by atoms with E-state index in [2.05, 4.69) is 11.0 Å². The summed E-state index contributed by atoms with van der Waals surface area (Å²) in [5, 5.41) is 19.9. The topological polar surface area (TPSA) is 73.6 Å². The molecule has 1 unspecified atom stereocenters. The number of piperidine rings is 1. The van der Waals surface area contributed by atoms with Gasteiger partial charge in [0.25, 0.3) is 0 Å². The number of carbonyl (C=O) groups excluding carboxylic acids is 1. The van der Waals surface area contributed by atoms with Gasteiger partial charge < -0.3 is 9.84 Å². The van der Waals surface area contributed by atoms with Crippen molar-refractivity contribution in [3.63, 3.8) is 0 Å². The van der Waals surface area contributed by atoms with Gasteiger partial charge in [0, 0.05) is 31.5 Å². The van der Waals surface area contributed by atoms with Crippen LogP contribution in [0.1, 0.15) is 43.9 Å². The second-order valence-electron chi connectivity index (χ2n) is 6.53. The molecule has 0 aliphatic carbocycles. The van der Waals surface area contributed by atoms with E-state index in [0.717, 1.165) is 5.56 Å². The monoisotopic (exact) mass is 300 g/mol. The summed E-state index contributed by atoms with van der Waals surface area (Å²) in [4.78, 5) is 13.6. The lowest BCUT2D eigenvalue weighted by atomic mass is 9.84. The summed E-state index contributed by atoms with van der Waals surface area (Å²) in [5.74, 6) is 0.972. The third-order valence-electron chi connectivity index (χ3n) is 4.59. The van der Waals surface area contributed by atoms with Crippen molar-refractivity contribution >= 4 is 5.78 Å². The molecule has 2 heterocycles. The number of ketones is 1. The number of fused-ring (bicyclic) bond motifs is 1. The molecule has 116 valence electrons. The molecule has 0 bridgehead atoms. The van der Waals surface area contributed by atoms with Crippen LogP contribution >= 0.6 is 0 Å². The van der Waals surface area contributed by atoms with Gasteiger partial charge in [0.15, 0.2) is 0 Å². The highest BCUT2D eigenvalue weighted by molar-refractivity contribution is 5.79. The Balaban J connectivity index is 2.03. The predicted molar refractivity (Wildman–Crippen MR) is 80.4 cm³/mol. The van der Waals surface area contributed by atoms with E-state index in [1.165, 1.54) is 0 Å². The van der Waals surface area contributed by atoms with Gasteiger partial charge >= 0.3 is 0 Å². The molecule has 22 heavy (non-hydrogen) atoms. The van der Waals surface area contributed by atoms with E-state index < -0.39 is 11.7 Å². The molecular formula is C17H20N2O3. The highest BCUT2D eigenvalue weighted by atomic mass is 16.5. The lowest BCUT2D eigenvalue weighted by Crippen LogP contribution is -2.54. The molecule has 0 radical (unpaired) electrons. The van der Waals surface area contributed by atoms with E-state index in [4.69, 9.17) is 10.00 Å². The fraction of sp³-hybridized carbons (Fsp3) is 0.529. The summed E-state index contributed by atoms with van der Waals surface area (Å²) < 4.78 is 5.92. The van der Waals surface area contributed by atoms with Gasteiger partial charge in [-0.05, 0) is 32.0 Å². The molecule has 1 saturated heterocycles. The van der Waals surface area contributed by atoms with Crippen molar-refractivity contribution in [3.8, 4) is 11.8 Å². The summed E-state index contributed by atoms with van der Waals surface area (Å²) in [7, 11) is 0. The molecule has 0 amide bonds. The van der Waals surface area contributed by atoms with Crippen LogP contribution < -0.4 is 4.74 Å². The molecule has 1 aromatic rings. The van der Waals surface area contributed by atoms with Crippen molar-refractivity contribution in [2.75, 3.05) is 13.1 Å². The van der Waals surface area contributed by atoms with Crippen LogP contribution in [0.2, 0.25) is 0 Å². The molecule has 5 nitrogen and oxygen atoms in total. The minimum atomic E-state index is -0.720. The van der Waals surface area contributed by atoms with Crippen LogP contribution in [0.4, 0.5) is 0 Å². The van der Waals surface area contributed by atoms with Crippen LogP contribution in [0.25, 0.3) is 0 Å². The van der Waals surface area contributed by atoms with Crippen LogP contribution in [-0.4, -0.2) is 40.6 Å². The van der Waals surface area contributed by atoms with Crippen molar-refractivity contribution in [2.45, 2.75) is 44.4 Å². The van der Waals surface area contributed by atoms with Crippen LogP contribution in [0.15, 0.2) is 18.2 Å². The molecule has 2 atom stereocenters. The third-order valence-corrected chi connectivity index (χ3v) is 4.59. The number of hydrogen-bond donors (Lipinski definition) is 1. The lowest BCUT2D eigenvalue weighted by molar-refractivity contribution is -0.126. The summed E-state index contributed by atoms with van der Waals surface area (Å²) in [6.07, 6.45) is 0.303. The summed E-state index contributed by atoms with van der Waals surface area (Å²) >= 11 is 0. The number of ether oxygens (including phenoxy) is 1. The van der Waals surface area contributed by atoms with Crippen molar-refractivity contribution in [3.05, 3.63) is 29.3 Å².